The topological polar surface area (TPSA) is 70.0 Å². The molecule has 1 rings (SSSR count). The molecule has 1 unspecified atom stereocenters. The lowest BCUT2D eigenvalue weighted by Crippen LogP contribution is -2.34. The average Bonchev–Trinajstić information content (AvgIpc) is 2.36. The Morgan fingerprint density at radius 1 is 1.47 bits per heavy atom. The Labute approximate surface area is 113 Å². The predicted octanol–water partition coefficient (Wildman–Crippen LogP) is 2.09. The quantitative estimate of drug-likeness (QED) is 0.791. The van der Waals surface area contributed by atoms with Gasteiger partial charge in [-0.1, -0.05) is 19.1 Å². The molecule has 19 heavy (non-hydrogen) atoms. The van der Waals surface area contributed by atoms with Gasteiger partial charge in [0, 0.05) is 18.2 Å². The van der Waals surface area contributed by atoms with Gasteiger partial charge >= 0.3 is 5.97 Å². The molecule has 0 fully saturated rings. The highest BCUT2D eigenvalue weighted by Gasteiger charge is 2.18. The predicted molar refractivity (Wildman–Crippen MR) is 72.5 cm³/mol. The monoisotopic (exact) mass is 267 g/mol. The molecular weight excluding hydrogens is 246 g/mol. The van der Waals surface area contributed by atoms with Crippen LogP contribution in [-0.4, -0.2) is 40.8 Å². The standard InChI is InChI=1S/C14H21NO4/c1-4-15(10(2)8-13(16)17)9-11-6-5-7-12(19-3)14(11)18/h5-7,10,18H,4,8-9H2,1-3H3,(H,16,17). The second kappa shape index (κ2) is 6.99. The molecule has 0 radical (unpaired) electrons. The van der Waals surface area contributed by atoms with Crippen LogP contribution in [0, 0.1) is 0 Å². The van der Waals surface area contributed by atoms with Gasteiger partial charge < -0.3 is 14.9 Å². The summed E-state index contributed by atoms with van der Waals surface area (Å²) < 4.78 is 5.06. The molecule has 0 saturated carbocycles. The molecule has 0 saturated heterocycles. The Morgan fingerprint density at radius 2 is 2.16 bits per heavy atom. The Bertz CT molecular complexity index is 433. The normalized spacial score (nSPS) is 12.4. The fourth-order valence-corrected chi connectivity index (χ4v) is 2.04. The maximum Gasteiger partial charge on any atom is 0.304 e. The lowest BCUT2D eigenvalue weighted by molar-refractivity contribution is -0.138. The summed E-state index contributed by atoms with van der Waals surface area (Å²) in [6.45, 7) is 5.05. The first-order valence-electron chi connectivity index (χ1n) is 6.30. The van der Waals surface area contributed by atoms with Crippen LogP contribution < -0.4 is 4.74 Å². The molecule has 1 aromatic carbocycles. The number of nitrogens with zero attached hydrogens (tertiary/aromatic N) is 1. The van der Waals surface area contributed by atoms with E-state index in [0.29, 0.717) is 18.8 Å². The van der Waals surface area contributed by atoms with E-state index in [1.165, 1.54) is 7.11 Å². The molecule has 0 amide bonds. The number of carboxylic acid groups (broad SMARTS) is 1. The molecule has 106 valence electrons. The number of aliphatic carboxylic acids is 1. The van der Waals surface area contributed by atoms with Crippen LogP contribution in [-0.2, 0) is 11.3 Å². The number of ether oxygens (including phenoxy) is 1. The third-order valence-electron chi connectivity index (χ3n) is 3.18. The zero-order valence-corrected chi connectivity index (χ0v) is 11.6. The molecular formula is C14H21NO4. The van der Waals surface area contributed by atoms with Crippen molar-refractivity contribution < 1.29 is 19.7 Å². The molecule has 2 N–H and O–H groups in total. The van der Waals surface area contributed by atoms with Crippen LogP contribution in [0.5, 0.6) is 11.5 Å². The van der Waals surface area contributed by atoms with Gasteiger partial charge in [0.15, 0.2) is 11.5 Å². The summed E-state index contributed by atoms with van der Waals surface area (Å²) in [7, 11) is 1.50. The largest absolute Gasteiger partial charge is 0.504 e. The van der Waals surface area contributed by atoms with E-state index < -0.39 is 5.97 Å². The zero-order chi connectivity index (χ0) is 14.4. The van der Waals surface area contributed by atoms with Crippen molar-refractivity contribution in [2.75, 3.05) is 13.7 Å². The van der Waals surface area contributed by atoms with Gasteiger partial charge in [0.2, 0.25) is 0 Å². The van der Waals surface area contributed by atoms with Crippen LogP contribution in [0.1, 0.15) is 25.8 Å². The number of phenols is 1. The SMILES string of the molecule is CCN(Cc1cccc(OC)c1O)C(C)CC(=O)O. The molecule has 0 aliphatic carbocycles. The van der Waals surface area contributed by atoms with Crippen molar-refractivity contribution in [1.82, 2.24) is 4.90 Å². The van der Waals surface area contributed by atoms with Crippen molar-refractivity contribution in [2.45, 2.75) is 32.9 Å². The van der Waals surface area contributed by atoms with Crippen LogP contribution in [0.3, 0.4) is 0 Å². The number of aromatic hydroxyl groups is 1. The number of para-hydroxylation sites is 1. The molecule has 0 aliphatic rings. The van der Waals surface area contributed by atoms with Crippen molar-refractivity contribution >= 4 is 5.97 Å². The van der Waals surface area contributed by atoms with Gasteiger partial charge in [-0.15, -0.1) is 0 Å². The minimum absolute atomic E-state index is 0.0819. The van der Waals surface area contributed by atoms with Crippen LogP contribution >= 0.6 is 0 Å². The first-order valence-corrected chi connectivity index (χ1v) is 6.30. The lowest BCUT2D eigenvalue weighted by Gasteiger charge is -2.27. The van der Waals surface area contributed by atoms with Crippen molar-refractivity contribution in [3.8, 4) is 11.5 Å². The Balaban J connectivity index is 2.83. The van der Waals surface area contributed by atoms with Gasteiger partial charge in [-0.05, 0) is 19.5 Å². The minimum atomic E-state index is -0.819. The number of hydrogen-bond donors (Lipinski definition) is 2. The van der Waals surface area contributed by atoms with Crippen molar-refractivity contribution in [3.05, 3.63) is 23.8 Å². The summed E-state index contributed by atoms with van der Waals surface area (Å²) in [6.07, 6.45) is 0.0819. The fraction of sp³-hybridized carbons (Fsp3) is 0.500. The second-order valence-corrected chi connectivity index (χ2v) is 4.48. The van der Waals surface area contributed by atoms with Crippen LogP contribution in [0.2, 0.25) is 0 Å². The number of benzene rings is 1. The van der Waals surface area contributed by atoms with Gasteiger partial charge in [-0.3, -0.25) is 9.69 Å². The van der Waals surface area contributed by atoms with E-state index >= 15 is 0 Å². The highest BCUT2D eigenvalue weighted by Crippen LogP contribution is 2.30. The van der Waals surface area contributed by atoms with Gasteiger partial charge in [0.05, 0.1) is 13.5 Å². The van der Waals surface area contributed by atoms with Crippen LogP contribution in [0.4, 0.5) is 0 Å². The summed E-state index contributed by atoms with van der Waals surface area (Å²) in [5.74, 6) is -0.272. The maximum atomic E-state index is 10.8. The van der Waals surface area contributed by atoms with E-state index in [1.807, 2.05) is 30.9 Å². The Kier molecular flexibility index (Phi) is 5.63. The Hall–Kier alpha value is -1.75. The zero-order valence-electron chi connectivity index (χ0n) is 11.6. The van der Waals surface area contributed by atoms with Crippen molar-refractivity contribution in [1.29, 1.82) is 0 Å². The molecule has 1 aromatic rings. The molecule has 0 bridgehead atoms. The summed E-state index contributed by atoms with van der Waals surface area (Å²) in [4.78, 5) is 12.8. The Morgan fingerprint density at radius 3 is 2.68 bits per heavy atom. The van der Waals surface area contributed by atoms with E-state index in [1.54, 1.807) is 6.07 Å². The maximum absolute atomic E-state index is 10.8. The van der Waals surface area contributed by atoms with Crippen molar-refractivity contribution in [2.24, 2.45) is 0 Å². The van der Waals surface area contributed by atoms with Crippen molar-refractivity contribution in [3.63, 3.8) is 0 Å². The molecule has 0 spiro atoms. The van der Waals surface area contributed by atoms with Crippen LogP contribution in [0.15, 0.2) is 18.2 Å². The molecule has 0 heterocycles. The minimum Gasteiger partial charge on any atom is -0.504 e. The van der Waals surface area contributed by atoms with E-state index in [-0.39, 0.29) is 18.2 Å². The van der Waals surface area contributed by atoms with Gasteiger partial charge in [0.25, 0.3) is 0 Å². The first-order chi connectivity index (χ1) is 8.99. The summed E-state index contributed by atoms with van der Waals surface area (Å²) in [5, 5.41) is 18.9. The summed E-state index contributed by atoms with van der Waals surface area (Å²) in [5.41, 5.74) is 0.735. The fourth-order valence-electron chi connectivity index (χ4n) is 2.04. The number of hydrogen-bond acceptors (Lipinski definition) is 4. The van der Waals surface area contributed by atoms with Crippen LogP contribution in [0.25, 0.3) is 0 Å². The van der Waals surface area contributed by atoms with E-state index in [2.05, 4.69) is 0 Å². The number of phenolic OH excluding ortho intramolecular Hbond substituents is 1. The molecule has 0 aliphatic heterocycles. The van der Waals surface area contributed by atoms with Gasteiger partial charge in [-0.25, -0.2) is 0 Å². The number of carbonyl (C=O) groups is 1. The van der Waals surface area contributed by atoms with Gasteiger partial charge in [-0.2, -0.15) is 0 Å². The van der Waals surface area contributed by atoms with E-state index in [4.69, 9.17) is 9.84 Å². The average molecular weight is 267 g/mol. The number of carboxylic acids is 1. The van der Waals surface area contributed by atoms with Gasteiger partial charge in [0.1, 0.15) is 0 Å². The third-order valence-corrected chi connectivity index (χ3v) is 3.18. The highest BCUT2D eigenvalue weighted by molar-refractivity contribution is 5.67. The van der Waals surface area contributed by atoms with E-state index in [0.717, 1.165) is 5.56 Å². The lowest BCUT2D eigenvalue weighted by atomic mass is 10.1. The first kappa shape index (κ1) is 15.3. The number of rotatable bonds is 7. The molecule has 0 aromatic heterocycles. The second-order valence-electron chi connectivity index (χ2n) is 4.48. The van der Waals surface area contributed by atoms with E-state index in [9.17, 15) is 9.90 Å². The molecule has 5 nitrogen and oxygen atoms in total. The smallest absolute Gasteiger partial charge is 0.304 e. The third kappa shape index (κ3) is 4.13. The summed E-state index contributed by atoms with van der Waals surface area (Å²) >= 11 is 0. The molecule has 5 heteroatoms. The highest BCUT2D eigenvalue weighted by atomic mass is 16.5. The number of methoxy groups -OCH3 is 1. The summed E-state index contributed by atoms with van der Waals surface area (Å²) in [6, 6.07) is 5.22. The molecule has 1 atom stereocenters.